The van der Waals surface area contributed by atoms with Crippen LogP contribution in [-0.2, 0) is 16.6 Å². The first-order valence-electron chi connectivity index (χ1n) is 11.2. The predicted octanol–water partition coefficient (Wildman–Crippen LogP) is 5.22. The lowest BCUT2D eigenvalue weighted by Gasteiger charge is -2.38. The van der Waals surface area contributed by atoms with Crippen LogP contribution in [0.3, 0.4) is 0 Å². The average Bonchev–Trinajstić information content (AvgIpc) is 3.50. The predicted molar refractivity (Wildman–Crippen MR) is 131 cm³/mol. The molecule has 0 spiro atoms. The second-order valence-corrected chi connectivity index (χ2v) is 11.3. The van der Waals surface area contributed by atoms with E-state index in [0.29, 0.717) is 10.6 Å². The van der Waals surface area contributed by atoms with Gasteiger partial charge in [-0.1, -0.05) is 24.3 Å². The molecular formula is C26H28N2O5S. The number of aryl methyl sites for hydroxylation is 1. The molecule has 2 aromatic carbocycles. The van der Waals surface area contributed by atoms with E-state index in [2.05, 4.69) is 0 Å². The molecule has 0 atom stereocenters. The lowest BCUT2D eigenvalue weighted by atomic mass is 9.88. The van der Waals surface area contributed by atoms with Crippen LogP contribution in [0.5, 0.6) is 11.5 Å². The van der Waals surface area contributed by atoms with Gasteiger partial charge in [-0.05, 0) is 61.2 Å². The van der Waals surface area contributed by atoms with Crippen molar-refractivity contribution in [2.75, 3.05) is 20.9 Å². The third-order valence-electron chi connectivity index (χ3n) is 6.66. The van der Waals surface area contributed by atoms with Gasteiger partial charge in [0.1, 0.15) is 5.78 Å². The molecule has 2 N–H and O–H groups in total. The summed E-state index contributed by atoms with van der Waals surface area (Å²) < 4.78 is 33.2. The number of Topliss-reactive ketones (excluding diaryl/α,β-unsaturated/α-hetero) is 1. The average molecular weight is 481 g/mol. The number of carbonyl (C=O) groups is 1. The highest BCUT2D eigenvalue weighted by Crippen LogP contribution is 2.52. The fraction of sp³-hybridized carbons (Fsp3) is 0.308. The molecule has 1 aliphatic heterocycles. The number of benzene rings is 2. The molecule has 178 valence electrons. The van der Waals surface area contributed by atoms with E-state index in [1.807, 2.05) is 43.3 Å². The number of aromatic nitrogens is 1. The minimum absolute atomic E-state index is 0.160. The number of carbonyl (C=O) groups excluding carboxylic acids is 1. The Hall–Kier alpha value is -2.91. The van der Waals surface area contributed by atoms with Crippen molar-refractivity contribution in [3.63, 3.8) is 0 Å². The third kappa shape index (κ3) is 3.96. The zero-order valence-electron chi connectivity index (χ0n) is 19.4. The van der Waals surface area contributed by atoms with Crippen LogP contribution >= 0.6 is 10.8 Å². The van der Waals surface area contributed by atoms with Gasteiger partial charge in [0.25, 0.3) is 0 Å². The zero-order valence-corrected chi connectivity index (χ0v) is 20.3. The molecule has 2 heterocycles. The molecular weight excluding hydrogens is 452 g/mol. The van der Waals surface area contributed by atoms with E-state index < -0.39 is 16.2 Å². The Morgan fingerprint density at radius 1 is 1.06 bits per heavy atom. The Morgan fingerprint density at radius 2 is 1.82 bits per heavy atom. The van der Waals surface area contributed by atoms with Gasteiger partial charge in [-0.2, -0.15) is 0 Å². The Balaban J connectivity index is 1.36. The number of rotatable bonds is 7. The van der Waals surface area contributed by atoms with Gasteiger partial charge >= 0.3 is 0 Å². The van der Waals surface area contributed by atoms with Crippen LogP contribution in [0.2, 0.25) is 0 Å². The van der Waals surface area contributed by atoms with Crippen molar-refractivity contribution in [1.29, 1.82) is 0 Å². The first-order valence-corrected chi connectivity index (χ1v) is 12.7. The summed E-state index contributed by atoms with van der Waals surface area (Å²) in [4.78, 5) is 18.5. The molecule has 8 heteroatoms. The molecule has 3 aromatic rings. The number of pyridine rings is 1. The molecule has 7 nitrogen and oxygen atoms in total. The van der Waals surface area contributed by atoms with Crippen molar-refractivity contribution in [3.05, 3.63) is 71.5 Å². The van der Waals surface area contributed by atoms with E-state index >= 15 is 0 Å². The SMILES string of the molecule is Cc1nc(CC(=O)C2(c3ccc4c(c3)OCO4)CC2)ccc1-c1cccc(S(O)(O)N(C)C)c1. The minimum Gasteiger partial charge on any atom is -0.454 e. The molecule has 0 radical (unpaired) electrons. The molecule has 1 saturated carbocycles. The van der Waals surface area contributed by atoms with Crippen LogP contribution in [0.4, 0.5) is 0 Å². The van der Waals surface area contributed by atoms with E-state index in [0.717, 1.165) is 46.7 Å². The molecule has 0 saturated heterocycles. The molecule has 0 amide bonds. The lowest BCUT2D eigenvalue weighted by molar-refractivity contribution is -0.120. The minimum atomic E-state index is -3.03. The Labute approximate surface area is 200 Å². The van der Waals surface area contributed by atoms with Gasteiger partial charge in [-0.15, -0.1) is 10.8 Å². The van der Waals surface area contributed by atoms with Crippen LogP contribution in [0.1, 0.15) is 29.8 Å². The number of fused-ring (bicyclic) bond motifs is 1. The van der Waals surface area contributed by atoms with E-state index in [4.69, 9.17) is 14.5 Å². The summed E-state index contributed by atoms with van der Waals surface area (Å²) in [6.07, 6.45) is 1.91. The fourth-order valence-corrected chi connectivity index (χ4v) is 5.41. The second kappa shape index (κ2) is 8.39. The molecule has 2 aliphatic rings. The van der Waals surface area contributed by atoms with Gasteiger partial charge in [-0.25, -0.2) is 4.31 Å². The van der Waals surface area contributed by atoms with E-state index in [-0.39, 0.29) is 19.0 Å². The van der Waals surface area contributed by atoms with Gasteiger partial charge in [0.2, 0.25) is 6.79 Å². The van der Waals surface area contributed by atoms with E-state index in [9.17, 15) is 13.9 Å². The highest BCUT2D eigenvalue weighted by Gasteiger charge is 2.51. The molecule has 5 rings (SSSR count). The summed E-state index contributed by atoms with van der Waals surface area (Å²) in [6.45, 7) is 2.12. The first-order chi connectivity index (χ1) is 16.2. The van der Waals surface area contributed by atoms with Crippen LogP contribution in [-0.4, -0.2) is 45.1 Å². The number of nitrogens with zero attached hydrogens (tertiary/aromatic N) is 2. The molecule has 0 unspecified atom stereocenters. The normalized spacial score (nSPS) is 16.5. The van der Waals surface area contributed by atoms with E-state index in [1.165, 1.54) is 4.31 Å². The quantitative estimate of drug-likeness (QED) is 0.479. The Kier molecular flexibility index (Phi) is 5.64. The van der Waals surface area contributed by atoms with Crippen molar-refractivity contribution < 1.29 is 23.4 Å². The van der Waals surface area contributed by atoms with Gasteiger partial charge in [0, 0.05) is 37.5 Å². The monoisotopic (exact) mass is 480 g/mol. The van der Waals surface area contributed by atoms with Crippen LogP contribution < -0.4 is 9.47 Å². The number of ketones is 1. The lowest BCUT2D eigenvalue weighted by Crippen LogP contribution is -2.23. The Morgan fingerprint density at radius 3 is 2.53 bits per heavy atom. The fourth-order valence-electron chi connectivity index (χ4n) is 4.44. The number of hydrogen-bond donors (Lipinski definition) is 2. The maximum absolute atomic E-state index is 13.3. The molecule has 1 fully saturated rings. The second-order valence-electron chi connectivity index (χ2n) is 9.04. The van der Waals surface area contributed by atoms with Crippen molar-refractivity contribution in [2.45, 2.75) is 36.5 Å². The standard InChI is InChI=1S/C26H28N2O5S/c1-17-22(18-5-4-6-21(13-18)34(30,31)28(2)3)9-8-20(27-17)15-25(29)26(11-12-26)19-7-10-23-24(14-19)33-16-32-23/h4-10,13-14,30-31H,11-12,15-16H2,1-3H3. The van der Waals surface area contributed by atoms with Gasteiger partial charge < -0.3 is 9.47 Å². The summed E-state index contributed by atoms with van der Waals surface area (Å²) in [6, 6.07) is 16.8. The van der Waals surface area contributed by atoms with Crippen molar-refractivity contribution in [2.24, 2.45) is 0 Å². The molecule has 0 bridgehead atoms. The van der Waals surface area contributed by atoms with Crippen LogP contribution in [0, 0.1) is 6.92 Å². The largest absolute Gasteiger partial charge is 0.454 e. The Bertz CT molecular complexity index is 1270. The topological polar surface area (TPSA) is 92.1 Å². The molecule has 1 aromatic heterocycles. The summed E-state index contributed by atoms with van der Waals surface area (Å²) >= 11 is 0. The summed E-state index contributed by atoms with van der Waals surface area (Å²) in [7, 11) is 0.239. The van der Waals surface area contributed by atoms with Crippen LogP contribution in [0.25, 0.3) is 11.1 Å². The van der Waals surface area contributed by atoms with Crippen molar-refractivity contribution >= 4 is 16.6 Å². The van der Waals surface area contributed by atoms with Gasteiger partial charge in [-0.3, -0.25) is 18.9 Å². The van der Waals surface area contributed by atoms with Gasteiger partial charge in [0.05, 0.1) is 10.3 Å². The highest BCUT2D eigenvalue weighted by molar-refractivity contribution is 8.22. The van der Waals surface area contributed by atoms with Crippen molar-refractivity contribution in [1.82, 2.24) is 9.29 Å². The third-order valence-corrected chi connectivity index (χ3v) is 8.57. The summed E-state index contributed by atoms with van der Waals surface area (Å²) in [5.41, 5.74) is 3.77. The smallest absolute Gasteiger partial charge is 0.231 e. The van der Waals surface area contributed by atoms with E-state index in [1.54, 1.807) is 32.3 Å². The summed E-state index contributed by atoms with van der Waals surface area (Å²) in [5.74, 6) is 1.58. The zero-order chi connectivity index (χ0) is 24.1. The summed E-state index contributed by atoms with van der Waals surface area (Å²) in [5, 5.41) is 0. The molecule has 34 heavy (non-hydrogen) atoms. The van der Waals surface area contributed by atoms with Gasteiger partial charge in [0.15, 0.2) is 11.5 Å². The first kappa shape index (κ1) is 22.9. The van der Waals surface area contributed by atoms with Crippen molar-refractivity contribution in [3.8, 4) is 22.6 Å². The van der Waals surface area contributed by atoms with Crippen LogP contribution in [0.15, 0.2) is 59.5 Å². The maximum Gasteiger partial charge on any atom is 0.231 e. The maximum atomic E-state index is 13.3. The number of hydrogen-bond acceptors (Lipinski definition) is 7. The highest BCUT2D eigenvalue weighted by atomic mass is 32.3. The molecule has 1 aliphatic carbocycles. The number of ether oxygens (including phenoxy) is 2.